The lowest BCUT2D eigenvalue weighted by Gasteiger charge is -2.26. The highest BCUT2D eigenvalue weighted by Gasteiger charge is 2.30. The van der Waals surface area contributed by atoms with E-state index in [4.69, 9.17) is 4.98 Å². The molecule has 5 rings (SSSR count). The van der Waals surface area contributed by atoms with Crippen LogP contribution in [-0.4, -0.2) is 69.3 Å². The Kier molecular flexibility index (Phi) is 8.26. The van der Waals surface area contributed by atoms with E-state index in [0.717, 1.165) is 53.9 Å². The zero-order valence-electron chi connectivity index (χ0n) is 22.5. The normalized spacial score (nSPS) is 18.1. The van der Waals surface area contributed by atoms with Gasteiger partial charge in [0.25, 0.3) is 5.91 Å². The first kappa shape index (κ1) is 26.9. The standard InChI is InChI=1S/C30H37N5O4/c1-34-18-24-16-22(9-8-21(24)15-23(29(34)38)17-28(36)37)30(39)35(14-4-5-20-10-12-31-13-11-20)19-27-32-25-6-2-3-7-26(25)33-27/h2-3,6-9,16,20,23,31H,4-5,10-15,17-19H2,1H3,(H,32,33)(H,36,37). The molecule has 2 amide bonds. The number of carboxylic acid groups (broad SMARTS) is 1. The maximum atomic E-state index is 13.9. The quantitative estimate of drug-likeness (QED) is 0.388. The molecule has 2 aromatic carbocycles. The van der Waals surface area contributed by atoms with Gasteiger partial charge in [-0.25, -0.2) is 4.98 Å². The number of fused-ring (bicyclic) bond motifs is 2. The number of aliphatic carboxylic acids is 1. The SMILES string of the molecule is CN1Cc2cc(C(=O)N(CCCC3CCNCC3)Cc3nc4ccccc4[nH]3)ccc2CC(CC(=O)O)C1=O. The van der Waals surface area contributed by atoms with Crippen molar-refractivity contribution in [3.63, 3.8) is 0 Å². The van der Waals surface area contributed by atoms with Crippen LogP contribution in [0, 0.1) is 11.8 Å². The Balaban J connectivity index is 1.36. The van der Waals surface area contributed by atoms with Gasteiger partial charge in [0.15, 0.2) is 0 Å². The molecule has 1 saturated heterocycles. The van der Waals surface area contributed by atoms with Gasteiger partial charge >= 0.3 is 5.97 Å². The number of H-pyrrole nitrogens is 1. The molecule has 2 aliphatic heterocycles. The number of hydrogen-bond acceptors (Lipinski definition) is 5. The lowest BCUT2D eigenvalue weighted by molar-refractivity contribution is -0.143. The number of benzene rings is 2. The molecular weight excluding hydrogens is 494 g/mol. The highest BCUT2D eigenvalue weighted by Crippen LogP contribution is 2.26. The smallest absolute Gasteiger partial charge is 0.304 e. The molecule has 0 saturated carbocycles. The summed E-state index contributed by atoms with van der Waals surface area (Å²) in [5.41, 5.74) is 4.21. The lowest BCUT2D eigenvalue weighted by atomic mass is 9.92. The summed E-state index contributed by atoms with van der Waals surface area (Å²) in [6.45, 7) is 3.49. The Morgan fingerprint density at radius 3 is 2.69 bits per heavy atom. The van der Waals surface area contributed by atoms with Gasteiger partial charge in [-0.2, -0.15) is 0 Å². The van der Waals surface area contributed by atoms with Crippen molar-refractivity contribution in [3.8, 4) is 0 Å². The first-order valence-corrected chi connectivity index (χ1v) is 13.9. The topological polar surface area (TPSA) is 119 Å². The van der Waals surface area contributed by atoms with Crippen LogP contribution in [0.4, 0.5) is 0 Å². The van der Waals surface area contributed by atoms with E-state index < -0.39 is 11.9 Å². The fourth-order valence-corrected chi connectivity index (χ4v) is 5.91. The number of aromatic amines is 1. The van der Waals surface area contributed by atoms with Gasteiger partial charge in [-0.05, 0) is 86.5 Å². The third-order valence-corrected chi connectivity index (χ3v) is 8.04. The molecule has 206 valence electrons. The summed E-state index contributed by atoms with van der Waals surface area (Å²) in [5.74, 6) is -0.385. The summed E-state index contributed by atoms with van der Waals surface area (Å²) in [6.07, 6.45) is 4.53. The number of amides is 2. The number of aromatic nitrogens is 2. The summed E-state index contributed by atoms with van der Waals surface area (Å²) in [5, 5.41) is 12.7. The minimum atomic E-state index is -0.984. The van der Waals surface area contributed by atoms with Crippen LogP contribution in [0.5, 0.6) is 0 Å². The van der Waals surface area contributed by atoms with Crippen LogP contribution in [0.3, 0.4) is 0 Å². The predicted octanol–water partition coefficient (Wildman–Crippen LogP) is 3.59. The Labute approximate surface area is 228 Å². The van der Waals surface area contributed by atoms with E-state index in [1.165, 1.54) is 12.8 Å². The molecule has 3 N–H and O–H groups in total. The van der Waals surface area contributed by atoms with Gasteiger partial charge in [-0.1, -0.05) is 18.2 Å². The van der Waals surface area contributed by atoms with Crippen LogP contribution in [0.25, 0.3) is 11.0 Å². The third-order valence-electron chi connectivity index (χ3n) is 8.04. The predicted molar refractivity (Wildman–Crippen MR) is 148 cm³/mol. The van der Waals surface area contributed by atoms with Crippen LogP contribution in [-0.2, 0) is 29.1 Å². The molecule has 0 bridgehead atoms. The number of rotatable bonds is 9. The second kappa shape index (κ2) is 12.0. The van der Waals surface area contributed by atoms with Crippen LogP contribution < -0.4 is 5.32 Å². The minimum absolute atomic E-state index is 0.0659. The second-order valence-electron chi connectivity index (χ2n) is 10.9. The van der Waals surface area contributed by atoms with Gasteiger partial charge in [-0.3, -0.25) is 14.4 Å². The van der Waals surface area contributed by atoms with Crippen LogP contribution >= 0.6 is 0 Å². The number of carbonyl (C=O) groups is 3. The maximum Gasteiger partial charge on any atom is 0.304 e. The molecule has 9 heteroatoms. The highest BCUT2D eigenvalue weighted by atomic mass is 16.4. The summed E-state index contributed by atoms with van der Waals surface area (Å²) in [7, 11) is 1.69. The number of nitrogens with zero attached hydrogens (tertiary/aromatic N) is 3. The van der Waals surface area contributed by atoms with E-state index in [2.05, 4.69) is 10.3 Å². The molecular formula is C30H37N5O4. The summed E-state index contributed by atoms with van der Waals surface area (Å²) in [6, 6.07) is 13.4. The number of carbonyl (C=O) groups excluding carboxylic acids is 2. The number of nitrogens with one attached hydrogen (secondary N) is 2. The Morgan fingerprint density at radius 2 is 1.92 bits per heavy atom. The number of piperidine rings is 1. The molecule has 2 aliphatic rings. The fraction of sp³-hybridized carbons (Fsp3) is 0.467. The zero-order chi connectivity index (χ0) is 27.4. The molecule has 0 spiro atoms. The minimum Gasteiger partial charge on any atom is -0.481 e. The molecule has 39 heavy (non-hydrogen) atoms. The second-order valence-corrected chi connectivity index (χ2v) is 10.9. The number of imidazole rings is 1. The third kappa shape index (κ3) is 6.47. The van der Waals surface area contributed by atoms with Crippen molar-refractivity contribution in [2.45, 2.75) is 51.6 Å². The van der Waals surface area contributed by atoms with Gasteiger partial charge in [0.2, 0.25) is 5.91 Å². The Bertz CT molecular complexity index is 1310. The monoisotopic (exact) mass is 531 g/mol. The average Bonchev–Trinajstić information content (AvgIpc) is 3.30. The van der Waals surface area contributed by atoms with Crippen molar-refractivity contribution in [2.24, 2.45) is 11.8 Å². The summed E-state index contributed by atoms with van der Waals surface area (Å²) < 4.78 is 0. The molecule has 0 aliphatic carbocycles. The molecule has 3 aromatic rings. The van der Waals surface area contributed by atoms with Gasteiger partial charge in [0.1, 0.15) is 5.82 Å². The van der Waals surface area contributed by atoms with Crippen molar-refractivity contribution in [1.82, 2.24) is 25.1 Å². The lowest BCUT2D eigenvalue weighted by Crippen LogP contribution is -2.33. The van der Waals surface area contributed by atoms with Crippen LogP contribution in [0.2, 0.25) is 0 Å². The first-order chi connectivity index (χ1) is 18.9. The Hall–Kier alpha value is -3.72. The fourth-order valence-electron chi connectivity index (χ4n) is 5.91. The van der Waals surface area contributed by atoms with Crippen LogP contribution in [0.1, 0.15) is 59.4 Å². The van der Waals surface area contributed by atoms with Crippen molar-refractivity contribution in [2.75, 3.05) is 26.7 Å². The molecule has 3 heterocycles. The van der Waals surface area contributed by atoms with E-state index in [9.17, 15) is 19.5 Å². The summed E-state index contributed by atoms with van der Waals surface area (Å²) in [4.78, 5) is 49.5. The van der Waals surface area contributed by atoms with Crippen molar-refractivity contribution < 1.29 is 19.5 Å². The largest absolute Gasteiger partial charge is 0.481 e. The molecule has 1 unspecified atom stereocenters. The van der Waals surface area contributed by atoms with Crippen molar-refractivity contribution in [1.29, 1.82) is 0 Å². The van der Waals surface area contributed by atoms with E-state index in [1.54, 1.807) is 11.9 Å². The van der Waals surface area contributed by atoms with E-state index in [-0.39, 0.29) is 18.2 Å². The molecule has 9 nitrogen and oxygen atoms in total. The number of para-hydroxylation sites is 2. The van der Waals surface area contributed by atoms with Gasteiger partial charge in [0, 0.05) is 25.7 Å². The number of hydrogen-bond donors (Lipinski definition) is 3. The molecule has 1 atom stereocenters. The molecule has 1 aromatic heterocycles. The highest BCUT2D eigenvalue weighted by molar-refractivity contribution is 5.94. The molecule has 1 fully saturated rings. The van der Waals surface area contributed by atoms with E-state index in [1.807, 2.05) is 47.4 Å². The average molecular weight is 532 g/mol. The van der Waals surface area contributed by atoms with E-state index >= 15 is 0 Å². The maximum absolute atomic E-state index is 13.9. The van der Waals surface area contributed by atoms with Gasteiger partial charge < -0.3 is 25.2 Å². The van der Waals surface area contributed by atoms with Crippen molar-refractivity contribution >= 4 is 28.8 Å². The summed E-state index contributed by atoms with van der Waals surface area (Å²) >= 11 is 0. The molecule has 0 radical (unpaired) electrons. The van der Waals surface area contributed by atoms with Gasteiger partial charge in [0.05, 0.1) is 29.9 Å². The van der Waals surface area contributed by atoms with E-state index in [0.29, 0.717) is 37.5 Å². The Morgan fingerprint density at radius 1 is 1.13 bits per heavy atom. The van der Waals surface area contributed by atoms with Crippen molar-refractivity contribution in [3.05, 3.63) is 65.0 Å². The van der Waals surface area contributed by atoms with Gasteiger partial charge in [-0.15, -0.1) is 0 Å². The number of carboxylic acids is 1. The van der Waals surface area contributed by atoms with Crippen LogP contribution in [0.15, 0.2) is 42.5 Å². The first-order valence-electron chi connectivity index (χ1n) is 13.9. The zero-order valence-corrected chi connectivity index (χ0v) is 22.5.